The molecule has 1 amide bonds. The number of aryl methyl sites for hydroxylation is 1. The van der Waals surface area contributed by atoms with Gasteiger partial charge in [0.25, 0.3) is 5.91 Å². The minimum atomic E-state index is -0.450. The maximum absolute atomic E-state index is 13.0. The molecule has 6 heteroatoms. The molecule has 1 N–H and O–H groups in total. The Kier molecular flexibility index (Phi) is 4.46. The van der Waals surface area contributed by atoms with Gasteiger partial charge in [-0.15, -0.1) is 11.3 Å². The van der Waals surface area contributed by atoms with E-state index < -0.39 is 6.10 Å². The van der Waals surface area contributed by atoms with E-state index in [2.05, 4.69) is 4.98 Å². The minimum absolute atomic E-state index is 0.131. The molecule has 0 spiro atoms. The number of rotatable bonds is 5. The average molecular weight is 334 g/mol. The van der Waals surface area contributed by atoms with E-state index in [0.29, 0.717) is 28.0 Å². The fraction of sp³-hybridized carbons (Fsp3) is 0.412. The topological polar surface area (TPSA) is 53.4 Å². The zero-order chi connectivity index (χ0) is 16.6. The number of hydrogen-bond acceptors (Lipinski definition) is 4. The van der Waals surface area contributed by atoms with Crippen molar-refractivity contribution in [2.75, 3.05) is 13.6 Å². The van der Waals surface area contributed by atoms with Crippen molar-refractivity contribution in [3.63, 3.8) is 0 Å². The third-order valence-corrected chi connectivity index (χ3v) is 5.25. The number of aliphatic hydroxyl groups excluding tert-OH is 1. The highest BCUT2D eigenvalue weighted by atomic mass is 32.1. The number of thiazole rings is 1. The molecule has 1 aromatic heterocycles. The van der Waals surface area contributed by atoms with Crippen LogP contribution in [0.3, 0.4) is 0 Å². The summed E-state index contributed by atoms with van der Waals surface area (Å²) in [6.45, 7) is 2.13. The van der Waals surface area contributed by atoms with Crippen LogP contribution >= 0.6 is 11.3 Å². The van der Waals surface area contributed by atoms with E-state index in [1.54, 1.807) is 31.0 Å². The van der Waals surface area contributed by atoms with Crippen LogP contribution in [0.25, 0.3) is 10.6 Å². The molecule has 0 saturated heterocycles. The van der Waals surface area contributed by atoms with E-state index in [1.165, 1.54) is 23.5 Å². The van der Waals surface area contributed by atoms with Gasteiger partial charge in [0, 0.05) is 19.2 Å². The van der Waals surface area contributed by atoms with Crippen molar-refractivity contribution >= 4 is 17.2 Å². The van der Waals surface area contributed by atoms with Crippen LogP contribution in [-0.2, 0) is 0 Å². The molecule has 1 aliphatic rings. The summed E-state index contributed by atoms with van der Waals surface area (Å²) in [4.78, 5) is 19.1. The Hall–Kier alpha value is -1.79. The molecule has 0 bridgehead atoms. The van der Waals surface area contributed by atoms with Gasteiger partial charge in [0.15, 0.2) is 0 Å². The molecule has 0 radical (unpaired) electrons. The predicted molar refractivity (Wildman–Crippen MR) is 87.9 cm³/mol. The number of halogens is 1. The third kappa shape index (κ3) is 3.59. The van der Waals surface area contributed by atoms with Crippen LogP contribution in [0.15, 0.2) is 24.3 Å². The second-order valence-corrected chi connectivity index (χ2v) is 7.03. The average Bonchev–Trinajstić information content (AvgIpc) is 3.30. The van der Waals surface area contributed by atoms with Crippen molar-refractivity contribution in [1.82, 2.24) is 9.88 Å². The molecule has 23 heavy (non-hydrogen) atoms. The van der Waals surface area contributed by atoms with Crippen LogP contribution in [0, 0.1) is 18.7 Å². The summed E-state index contributed by atoms with van der Waals surface area (Å²) < 4.78 is 13.0. The minimum Gasteiger partial charge on any atom is -0.391 e. The van der Waals surface area contributed by atoms with Crippen molar-refractivity contribution in [3.05, 3.63) is 40.7 Å². The Morgan fingerprint density at radius 3 is 2.70 bits per heavy atom. The molecule has 122 valence electrons. The van der Waals surface area contributed by atoms with Crippen molar-refractivity contribution in [2.45, 2.75) is 25.9 Å². The molecule has 0 aliphatic heterocycles. The molecular weight excluding hydrogens is 315 g/mol. The van der Waals surface area contributed by atoms with E-state index in [9.17, 15) is 14.3 Å². The molecule has 3 rings (SSSR count). The molecular formula is C17H19FN2O2S. The lowest BCUT2D eigenvalue weighted by Gasteiger charge is -2.20. The first-order chi connectivity index (χ1) is 11.0. The summed E-state index contributed by atoms with van der Waals surface area (Å²) in [6.07, 6.45) is 1.63. The smallest absolute Gasteiger partial charge is 0.265 e. The maximum atomic E-state index is 13.0. The van der Waals surface area contributed by atoms with Crippen LogP contribution in [0.1, 0.15) is 28.2 Å². The first kappa shape index (κ1) is 16.1. The lowest BCUT2D eigenvalue weighted by atomic mass is 10.2. The van der Waals surface area contributed by atoms with Gasteiger partial charge >= 0.3 is 0 Å². The SMILES string of the molecule is Cc1nc(-c2ccc(F)cc2)sc1C(=O)N(C)CC(O)C1CC1. The lowest BCUT2D eigenvalue weighted by molar-refractivity contribution is 0.0649. The summed E-state index contributed by atoms with van der Waals surface area (Å²) in [5.74, 6) is -0.0947. The van der Waals surface area contributed by atoms with Gasteiger partial charge in [0.2, 0.25) is 0 Å². The van der Waals surface area contributed by atoms with Crippen molar-refractivity contribution in [2.24, 2.45) is 5.92 Å². The number of carbonyl (C=O) groups excluding carboxylic acids is 1. The number of likely N-dealkylation sites (N-methyl/N-ethyl adjacent to an activating group) is 1. The zero-order valence-corrected chi connectivity index (χ0v) is 13.9. The largest absolute Gasteiger partial charge is 0.391 e. The maximum Gasteiger partial charge on any atom is 0.265 e. The first-order valence-electron chi connectivity index (χ1n) is 7.62. The summed E-state index contributed by atoms with van der Waals surface area (Å²) in [5, 5.41) is 10.7. The molecule has 1 aliphatic carbocycles. The standard InChI is InChI=1S/C17H19FN2O2S/c1-10-15(17(22)20(2)9-14(21)11-3-4-11)23-16(19-10)12-5-7-13(18)8-6-12/h5-8,11,14,21H,3-4,9H2,1-2H3. The lowest BCUT2D eigenvalue weighted by Crippen LogP contribution is -2.35. The van der Waals surface area contributed by atoms with E-state index in [-0.39, 0.29) is 11.7 Å². The molecule has 4 nitrogen and oxygen atoms in total. The van der Waals surface area contributed by atoms with E-state index >= 15 is 0 Å². The summed E-state index contributed by atoms with van der Waals surface area (Å²) >= 11 is 1.30. The van der Waals surface area contributed by atoms with Crippen molar-refractivity contribution < 1.29 is 14.3 Å². The van der Waals surface area contributed by atoms with Crippen molar-refractivity contribution in [3.8, 4) is 10.6 Å². The fourth-order valence-corrected chi connectivity index (χ4v) is 3.54. The van der Waals surface area contributed by atoms with Crippen LogP contribution in [0.2, 0.25) is 0 Å². The van der Waals surface area contributed by atoms with Crippen LogP contribution in [-0.4, -0.2) is 40.6 Å². The zero-order valence-electron chi connectivity index (χ0n) is 13.1. The molecule has 1 saturated carbocycles. The summed E-state index contributed by atoms with van der Waals surface area (Å²) in [6, 6.07) is 6.07. The number of hydrogen-bond donors (Lipinski definition) is 1. The van der Waals surface area contributed by atoms with Crippen LogP contribution in [0.4, 0.5) is 4.39 Å². The quantitative estimate of drug-likeness (QED) is 0.914. The second-order valence-electron chi connectivity index (χ2n) is 6.03. The molecule has 1 atom stereocenters. The monoisotopic (exact) mass is 334 g/mol. The van der Waals surface area contributed by atoms with Gasteiger partial charge in [-0.25, -0.2) is 9.37 Å². The summed E-state index contributed by atoms with van der Waals surface area (Å²) in [7, 11) is 1.70. The van der Waals surface area contributed by atoms with Gasteiger partial charge in [0.1, 0.15) is 15.7 Å². The van der Waals surface area contributed by atoms with Gasteiger partial charge < -0.3 is 10.0 Å². The Bertz CT molecular complexity index is 710. The molecule has 1 fully saturated rings. The van der Waals surface area contributed by atoms with Gasteiger partial charge in [-0.2, -0.15) is 0 Å². The molecule has 1 aromatic carbocycles. The number of aliphatic hydroxyl groups is 1. The Morgan fingerprint density at radius 1 is 1.43 bits per heavy atom. The highest BCUT2D eigenvalue weighted by Crippen LogP contribution is 2.33. The number of nitrogens with zero attached hydrogens (tertiary/aromatic N) is 2. The number of carbonyl (C=O) groups is 1. The van der Waals surface area contributed by atoms with Gasteiger partial charge in [0.05, 0.1) is 11.8 Å². The Morgan fingerprint density at radius 2 is 2.09 bits per heavy atom. The molecule has 2 aromatic rings. The number of aromatic nitrogens is 1. The highest BCUT2D eigenvalue weighted by molar-refractivity contribution is 7.17. The van der Waals surface area contributed by atoms with Gasteiger partial charge in [-0.3, -0.25) is 4.79 Å². The first-order valence-corrected chi connectivity index (χ1v) is 8.44. The van der Waals surface area contributed by atoms with E-state index in [4.69, 9.17) is 0 Å². The third-order valence-electron chi connectivity index (χ3n) is 4.06. The normalized spacial score (nSPS) is 15.5. The fourth-order valence-electron chi connectivity index (χ4n) is 2.48. The highest BCUT2D eigenvalue weighted by Gasteiger charge is 2.31. The van der Waals surface area contributed by atoms with Gasteiger partial charge in [-0.1, -0.05) is 0 Å². The molecule has 1 unspecified atom stereocenters. The second kappa shape index (κ2) is 6.37. The van der Waals surface area contributed by atoms with Crippen LogP contribution in [0.5, 0.6) is 0 Å². The van der Waals surface area contributed by atoms with E-state index in [1.807, 2.05) is 0 Å². The van der Waals surface area contributed by atoms with Crippen molar-refractivity contribution in [1.29, 1.82) is 0 Å². The van der Waals surface area contributed by atoms with Gasteiger partial charge in [-0.05, 0) is 49.9 Å². The Labute approximate surface area is 138 Å². The predicted octanol–water partition coefficient (Wildman–Crippen LogP) is 3.10. The number of amides is 1. The molecule has 1 heterocycles. The van der Waals surface area contributed by atoms with Crippen LogP contribution < -0.4 is 0 Å². The van der Waals surface area contributed by atoms with E-state index in [0.717, 1.165) is 18.4 Å². The number of benzene rings is 1. The Balaban J connectivity index is 1.76. The summed E-state index contributed by atoms with van der Waals surface area (Å²) in [5.41, 5.74) is 1.45.